The largest absolute Gasteiger partial charge is 0.330 e. The molecule has 0 amide bonds. The van der Waals surface area contributed by atoms with Crippen LogP contribution in [0.25, 0.3) is 0 Å². The molecular formula is C10H19N. The molecule has 11 heavy (non-hydrogen) atoms. The molecule has 1 unspecified atom stereocenters. The fourth-order valence-corrected chi connectivity index (χ4v) is 2.87. The second-order valence-electron chi connectivity index (χ2n) is 4.75. The number of nitrogens with two attached hydrogens (primary N) is 1. The van der Waals surface area contributed by atoms with Crippen molar-refractivity contribution in [1.82, 2.24) is 0 Å². The monoisotopic (exact) mass is 153 g/mol. The molecule has 0 aromatic heterocycles. The molecule has 0 aliphatic heterocycles. The topological polar surface area (TPSA) is 26.0 Å². The Morgan fingerprint density at radius 1 is 1.09 bits per heavy atom. The fourth-order valence-electron chi connectivity index (χ4n) is 2.87. The van der Waals surface area contributed by atoms with Gasteiger partial charge in [0.25, 0.3) is 0 Å². The molecule has 0 aromatic rings. The van der Waals surface area contributed by atoms with E-state index in [1.807, 2.05) is 0 Å². The molecule has 1 heteroatoms. The van der Waals surface area contributed by atoms with Crippen LogP contribution in [-0.4, -0.2) is 6.54 Å². The second kappa shape index (κ2) is 2.22. The van der Waals surface area contributed by atoms with E-state index >= 15 is 0 Å². The minimum Gasteiger partial charge on any atom is -0.330 e. The highest BCUT2D eigenvalue weighted by molar-refractivity contribution is 5.07. The lowest BCUT2D eigenvalue weighted by Crippen LogP contribution is -2.39. The van der Waals surface area contributed by atoms with Gasteiger partial charge in [0.15, 0.2) is 0 Å². The zero-order valence-electron chi connectivity index (χ0n) is 7.53. The SMILES string of the molecule is CC1(CN)CCCCC12CC2. The summed E-state index contributed by atoms with van der Waals surface area (Å²) in [5.74, 6) is 0. The average molecular weight is 153 g/mol. The van der Waals surface area contributed by atoms with Crippen LogP contribution in [0.2, 0.25) is 0 Å². The van der Waals surface area contributed by atoms with Crippen molar-refractivity contribution < 1.29 is 0 Å². The summed E-state index contributed by atoms with van der Waals surface area (Å²) in [6, 6.07) is 0. The van der Waals surface area contributed by atoms with Gasteiger partial charge in [0, 0.05) is 0 Å². The zero-order valence-corrected chi connectivity index (χ0v) is 7.53. The van der Waals surface area contributed by atoms with Crippen molar-refractivity contribution in [3.05, 3.63) is 0 Å². The first-order chi connectivity index (χ1) is 5.22. The van der Waals surface area contributed by atoms with Crippen molar-refractivity contribution in [1.29, 1.82) is 0 Å². The molecule has 2 fully saturated rings. The van der Waals surface area contributed by atoms with Crippen LogP contribution in [0, 0.1) is 10.8 Å². The first kappa shape index (κ1) is 7.60. The molecule has 1 atom stereocenters. The van der Waals surface area contributed by atoms with E-state index in [1.54, 1.807) is 0 Å². The van der Waals surface area contributed by atoms with Crippen molar-refractivity contribution >= 4 is 0 Å². The van der Waals surface area contributed by atoms with Crippen molar-refractivity contribution in [3.63, 3.8) is 0 Å². The molecule has 2 aliphatic rings. The molecule has 2 rings (SSSR count). The van der Waals surface area contributed by atoms with Crippen LogP contribution in [0.5, 0.6) is 0 Å². The van der Waals surface area contributed by atoms with Gasteiger partial charge in [0.2, 0.25) is 0 Å². The summed E-state index contributed by atoms with van der Waals surface area (Å²) in [7, 11) is 0. The summed E-state index contributed by atoms with van der Waals surface area (Å²) in [5, 5.41) is 0. The summed E-state index contributed by atoms with van der Waals surface area (Å²) < 4.78 is 0. The van der Waals surface area contributed by atoms with Gasteiger partial charge >= 0.3 is 0 Å². The van der Waals surface area contributed by atoms with Gasteiger partial charge in [-0.1, -0.05) is 19.8 Å². The minimum absolute atomic E-state index is 0.505. The lowest BCUT2D eigenvalue weighted by Gasteiger charge is -2.41. The molecule has 0 heterocycles. The van der Waals surface area contributed by atoms with Crippen LogP contribution in [-0.2, 0) is 0 Å². The first-order valence-electron chi connectivity index (χ1n) is 4.93. The fraction of sp³-hybridized carbons (Fsp3) is 1.00. The highest BCUT2D eigenvalue weighted by atomic mass is 14.7. The highest BCUT2D eigenvalue weighted by Gasteiger charge is 2.56. The Balaban J connectivity index is 2.15. The van der Waals surface area contributed by atoms with Crippen molar-refractivity contribution in [2.24, 2.45) is 16.6 Å². The Hall–Kier alpha value is -0.0400. The van der Waals surface area contributed by atoms with Crippen LogP contribution in [0.15, 0.2) is 0 Å². The predicted octanol–water partition coefficient (Wildman–Crippen LogP) is 2.31. The van der Waals surface area contributed by atoms with E-state index in [1.165, 1.54) is 38.5 Å². The maximum atomic E-state index is 5.85. The molecule has 2 N–H and O–H groups in total. The zero-order chi connectivity index (χ0) is 7.95. The molecule has 0 radical (unpaired) electrons. The van der Waals surface area contributed by atoms with Gasteiger partial charge in [0.05, 0.1) is 0 Å². The Bertz CT molecular complexity index is 160. The normalized spacial score (nSPS) is 40.9. The molecule has 0 aromatic carbocycles. The van der Waals surface area contributed by atoms with E-state index in [2.05, 4.69) is 6.92 Å². The molecule has 0 saturated heterocycles. The van der Waals surface area contributed by atoms with Crippen molar-refractivity contribution in [2.45, 2.75) is 45.4 Å². The van der Waals surface area contributed by atoms with Crippen LogP contribution in [0.3, 0.4) is 0 Å². The van der Waals surface area contributed by atoms with E-state index in [-0.39, 0.29) is 0 Å². The molecular weight excluding hydrogens is 134 g/mol. The van der Waals surface area contributed by atoms with Gasteiger partial charge in [-0.25, -0.2) is 0 Å². The van der Waals surface area contributed by atoms with Gasteiger partial charge < -0.3 is 5.73 Å². The van der Waals surface area contributed by atoms with Crippen LogP contribution >= 0.6 is 0 Å². The number of rotatable bonds is 1. The standard InChI is InChI=1S/C10H19N/c1-9(8-11)4-2-3-5-10(9)6-7-10/h2-8,11H2,1H3. The third-order valence-corrected chi connectivity index (χ3v) is 4.22. The average Bonchev–Trinajstić information content (AvgIpc) is 2.78. The van der Waals surface area contributed by atoms with Gasteiger partial charge in [-0.3, -0.25) is 0 Å². The minimum atomic E-state index is 0.505. The Labute approximate surface area is 69.4 Å². The van der Waals surface area contributed by atoms with E-state index < -0.39 is 0 Å². The molecule has 1 spiro atoms. The lowest BCUT2D eigenvalue weighted by molar-refractivity contribution is 0.102. The van der Waals surface area contributed by atoms with Gasteiger partial charge in [0.1, 0.15) is 0 Å². The maximum absolute atomic E-state index is 5.85. The second-order valence-corrected chi connectivity index (χ2v) is 4.75. The van der Waals surface area contributed by atoms with E-state index in [0.717, 1.165) is 6.54 Å². The quantitative estimate of drug-likeness (QED) is 0.614. The third-order valence-electron chi connectivity index (χ3n) is 4.22. The summed E-state index contributed by atoms with van der Waals surface area (Å²) in [4.78, 5) is 0. The third kappa shape index (κ3) is 0.936. The smallest absolute Gasteiger partial charge is 0.00179 e. The van der Waals surface area contributed by atoms with Gasteiger partial charge in [-0.2, -0.15) is 0 Å². The van der Waals surface area contributed by atoms with Crippen molar-refractivity contribution in [2.75, 3.05) is 6.54 Å². The predicted molar refractivity (Wildman–Crippen MR) is 47.3 cm³/mol. The number of hydrogen-bond acceptors (Lipinski definition) is 1. The summed E-state index contributed by atoms with van der Waals surface area (Å²) in [5.41, 5.74) is 7.07. The summed E-state index contributed by atoms with van der Waals surface area (Å²) in [6.07, 6.45) is 8.62. The molecule has 64 valence electrons. The first-order valence-corrected chi connectivity index (χ1v) is 4.93. The molecule has 2 aliphatic carbocycles. The Morgan fingerprint density at radius 2 is 1.73 bits per heavy atom. The molecule has 2 saturated carbocycles. The molecule has 0 bridgehead atoms. The van der Waals surface area contributed by atoms with Crippen molar-refractivity contribution in [3.8, 4) is 0 Å². The lowest BCUT2D eigenvalue weighted by atomic mass is 9.65. The van der Waals surface area contributed by atoms with E-state index in [9.17, 15) is 0 Å². The maximum Gasteiger partial charge on any atom is -0.00179 e. The van der Waals surface area contributed by atoms with E-state index in [4.69, 9.17) is 5.73 Å². The highest BCUT2D eigenvalue weighted by Crippen LogP contribution is 2.65. The Kier molecular flexibility index (Phi) is 1.54. The number of hydrogen-bond donors (Lipinski definition) is 1. The van der Waals surface area contributed by atoms with Gasteiger partial charge in [-0.15, -0.1) is 0 Å². The van der Waals surface area contributed by atoms with Crippen LogP contribution in [0.1, 0.15) is 45.4 Å². The Morgan fingerprint density at radius 3 is 2.18 bits per heavy atom. The summed E-state index contributed by atoms with van der Waals surface area (Å²) >= 11 is 0. The van der Waals surface area contributed by atoms with Crippen LogP contribution in [0.4, 0.5) is 0 Å². The molecule has 1 nitrogen and oxygen atoms in total. The van der Waals surface area contributed by atoms with Crippen LogP contribution < -0.4 is 5.73 Å². The van der Waals surface area contributed by atoms with Gasteiger partial charge in [-0.05, 0) is 43.1 Å². The van der Waals surface area contributed by atoms with E-state index in [0.29, 0.717) is 10.8 Å². The summed E-state index contributed by atoms with van der Waals surface area (Å²) in [6.45, 7) is 3.31.